The van der Waals surface area contributed by atoms with E-state index in [0.29, 0.717) is 18.2 Å². The molecule has 1 aromatic rings. The molecule has 1 heterocycles. The number of ether oxygens (including phenoxy) is 1. The number of nitrogens with one attached hydrogen (secondary N) is 1. The van der Waals surface area contributed by atoms with Crippen LogP contribution in [0, 0.1) is 5.92 Å². The Morgan fingerprint density at radius 2 is 2.16 bits per heavy atom. The van der Waals surface area contributed by atoms with Gasteiger partial charge in [0.2, 0.25) is 0 Å². The molecular weight excluding hydrogens is 257 g/mol. The topological polar surface area (TPSA) is 47.3 Å². The smallest absolute Gasteiger partial charge is 0.397 e. The number of rotatable bonds is 3. The lowest BCUT2D eigenvalue weighted by Gasteiger charge is -2.17. The van der Waals surface area contributed by atoms with Crippen LogP contribution in [-0.4, -0.2) is 19.3 Å². The highest BCUT2D eigenvalue weighted by Crippen LogP contribution is 2.33. The van der Waals surface area contributed by atoms with Gasteiger partial charge in [0.05, 0.1) is 23.0 Å². The van der Waals surface area contributed by atoms with Gasteiger partial charge in [-0.2, -0.15) is 13.2 Å². The first kappa shape index (κ1) is 14.0. The Balaban J connectivity index is 2.01. The van der Waals surface area contributed by atoms with Crippen molar-refractivity contribution in [2.24, 2.45) is 5.92 Å². The second kappa shape index (κ2) is 5.28. The maximum absolute atomic E-state index is 12.5. The lowest BCUT2D eigenvalue weighted by molar-refractivity contribution is -0.137. The average Bonchev–Trinajstić information content (AvgIpc) is 2.72. The highest BCUT2D eigenvalue weighted by atomic mass is 19.4. The van der Waals surface area contributed by atoms with E-state index >= 15 is 0 Å². The largest absolute Gasteiger partial charge is 0.416 e. The van der Waals surface area contributed by atoms with Gasteiger partial charge in [0.15, 0.2) is 0 Å². The molecule has 0 spiro atoms. The summed E-state index contributed by atoms with van der Waals surface area (Å²) in [6, 6.07) is 3.36. The fourth-order valence-electron chi connectivity index (χ4n) is 2.19. The third-order valence-electron chi connectivity index (χ3n) is 3.47. The normalized spacial score (nSPS) is 23.6. The number of halogens is 3. The molecule has 2 atom stereocenters. The van der Waals surface area contributed by atoms with Crippen molar-refractivity contribution in [3.63, 3.8) is 0 Å². The summed E-state index contributed by atoms with van der Waals surface area (Å²) in [6.07, 6.45) is -3.24. The molecule has 6 heteroatoms. The molecule has 2 unspecified atom stereocenters. The van der Waals surface area contributed by atoms with Crippen molar-refractivity contribution in [1.29, 1.82) is 0 Å². The van der Waals surface area contributed by atoms with E-state index in [4.69, 9.17) is 10.5 Å². The van der Waals surface area contributed by atoms with Crippen molar-refractivity contribution < 1.29 is 17.9 Å². The molecule has 0 radical (unpaired) electrons. The van der Waals surface area contributed by atoms with Gasteiger partial charge in [-0.3, -0.25) is 0 Å². The van der Waals surface area contributed by atoms with Crippen molar-refractivity contribution in [1.82, 2.24) is 0 Å². The predicted octanol–water partition coefficient (Wildman–Crippen LogP) is 3.12. The standard InChI is InChI=1S/C13H17F3N2O/c1-8-9(4-5-19-8)7-18-12-3-2-10(6-11(12)17)13(14,15)16/h2-3,6,8-9,18H,4-5,7,17H2,1H3. The van der Waals surface area contributed by atoms with Crippen molar-refractivity contribution in [2.75, 3.05) is 24.2 Å². The second-order valence-corrected chi connectivity index (χ2v) is 4.81. The number of anilines is 2. The Labute approximate surface area is 109 Å². The third kappa shape index (κ3) is 3.32. The number of alkyl halides is 3. The van der Waals surface area contributed by atoms with Crippen LogP contribution in [0.5, 0.6) is 0 Å². The molecule has 2 rings (SSSR count). The fourth-order valence-corrected chi connectivity index (χ4v) is 2.19. The van der Waals surface area contributed by atoms with Crippen LogP contribution in [0.2, 0.25) is 0 Å². The molecule has 1 fully saturated rings. The highest BCUT2D eigenvalue weighted by Gasteiger charge is 2.31. The molecule has 3 nitrogen and oxygen atoms in total. The molecular formula is C13H17F3N2O. The summed E-state index contributed by atoms with van der Waals surface area (Å²) < 4.78 is 42.9. The zero-order chi connectivity index (χ0) is 14.0. The van der Waals surface area contributed by atoms with Crippen LogP contribution in [0.4, 0.5) is 24.5 Å². The Morgan fingerprint density at radius 1 is 1.42 bits per heavy atom. The summed E-state index contributed by atoms with van der Waals surface area (Å²) in [4.78, 5) is 0. The summed E-state index contributed by atoms with van der Waals surface area (Å²) >= 11 is 0. The predicted molar refractivity (Wildman–Crippen MR) is 67.9 cm³/mol. The van der Waals surface area contributed by atoms with E-state index in [1.165, 1.54) is 6.07 Å². The first-order valence-corrected chi connectivity index (χ1v) is 6.20. The van der Waals surface area contributed by atoms with Crippen LogP contribution >= 0.6 is 0 Å². The van der Waals surface area contributed by atoms with Crippen LogP contribution in [0.15, 0.2) is 18.2 Å². The van der Waals surface area contributed by atoms with Crippen LogP contribution in [0.1, 0.15) is 18.9 Å². The van der Waals surface area contributed by atoms with Gasteiger partial charge >= 0.3 is 6.18 Å². The van der Waals surface area contributed by atoms with E-state index in [0.717, 1.165) is 25.2 Å². The van der Waals surface area contributed by atoms with Gasteiger partial charge in [0.1, 0.15) is 0 Å². The molecule has 0 aromatic heterocycles. The summed E-state index contributed by atoms with van der Waals surface area (Å²) in [5.74, 6) is 0.363. The number of nitrogens with two attached hydrogens (primary N) is 1. The molecule has 1 aromatic carbocycles. The molecule has 0 amide bonds. The van der Waals surface area contributed by atoms with E-state index in [-0.39, 0.29) is 11.8 Å². The third-order valence-corrected chi connectivity index (χ3v) is 3.47. The van der Waals surface area contributed by atoms with Crippen molar-refractivity contribution in [3.8, 4) is 0 Å². The van der Waals surface area contributed by atoms with Crippen molar-refractivity contribution >= 4 is 11.4 Å². The van der Waals surface area contributed by atoms with Crippen LogP contribution < -0.4 is 11.1 Å². The van der Waals surface area contributed by atoms with E-state index in [1.807, 2.05) is 6.92 Å². The maximum Gasteiger partial charge on any atom is 0.416 e. The fraction of sp³-hybridized carbons (Fsp3) is 0.538. The van der Waals surface area contributed by atoms with Gasteiger partial charge in [0.25, 0.3) is 0 Å². The highest BCUT2D eigenvalue weighted by molar-refractivity contribution is 5.67. The first-order chi connectivity index (χ1) is 8.88. The minimum atomic E-state index is -4.36. The van der Waals surface area contributed by atoms with Gasteiger partial charge in [-0.1, -0.05) is 0 Å². The second-order valence-electron chi connectivity index (χ2n) is 4.81. The van der Waals surface area contributed by atoms with Crippen molar-refractivity contribution in [2.45, 2.75) is 25.6 Å². The monoisotopic (exact) mass is 274 g/mol. The zero-order valence-electron chi connectivity index (χ0n) is 10.6. The summed E-state index contributed by atoms with van der Waals surface area (Å²) in [7, 11) is 0. The van der Waals surface area contributed by atoms with E-state index in [1.54, 1.807) is 0 Å². The van der Waals surface area contributed by atoms with Crippen LogP contribution in [0.3, 0.4) is 0 Å². The molecule has 1 aliphatic rings. The lowest BCUT2D eigenvalue weighted by atomic mass is 10.0. The van der Waals surface area contributed by atoms with Crippen molar-refractivity contribution in [3.05, 3.63) is 23.8 Å². The molecule has 0 aliphatic carbocycles. The Morgan fingerprint density at radius 3 is 2.68 bits per heavy atom. The zero-order valence-corrected chi connectivity index (χ0v) is 10.6. The summed E-state index contributed by atoms with van der Waals surface area (Å²) in [6.45, 7) is 3.38. The maximum atomic E-state index is 12.5. The number of hydrogen-bond donors (Lipinski definition) is 2. The summed E-state index contributed by atoms with van der Waals surface area (Å²) in [5.41, 5.74) is 5.56. The minimum absolute atomic E-state index is 0.112. The van der Waals surface area contributed by atoms with Crippen LogP contribution in [0.25, 0.3) is 0 Å². The molecule has 0 saturated carbocycles. The van der Waals surface area contributed by atoms with Gasteiger partial charge in [-0.15, -0.1) is 0 Å². The molecule has 106 valence electrons. The first-order valence-electron chi connectivity index (χ1n) is 6.20. The van der Waals surface area contributed by atoms with E-state index in [2.05, 4.69) is 5.32 Å². The Bertz CT molecular complexity index is 448. The number of hydrogen-bond acceptors (Lipinski definition) is 3. The summed E-state index contributed by atoms with van der Waals surface area (Å²) in [5, 5.41) is 3.09. The Hall–Kier alpha value is -1.43. The van der Waals surface area contributed by atoms with Gasteiger partial charge in [-0.25, -0.2) is 0 Å². The van der Waals surface area contributed by atoms with E-state index in [9.17, 15) is 13.2 Å². The van der Waals surface area contributed by atoms with Gasteiger partial charge < -0.3 is 15.8 Å². The molecule has 1 aliphatic heterocycles. The van der Waals surface area contributed by atoms with Gasteiger partial charge in [0, 0.05) is 19.1 Å². The molecule has 3 N–H and O–H groups in total. The van der Waals surface area contributed by atoms with Crippen LogP contribution in [-0.2, 0) is 10.9 Å². The lowest BCUT2D eigenvalue weighted by Crippen LogP contribution is -2.21. The minimum Gasteiger partial charge on any atom is -0.397 e. The quantitative estimate of drug-likeness (QED) is 0.832. The van der Waals surface area contributed by atoms with E-state index < -0.39 is 11.7 Å². The Kier molecular flexibility index (Phi) is 3.89. The SMILES string of the molecule is CC1OCCC1CNc1ccc(C(F)(F)F)cc1N. The molecule has 0 bridgehead atoms. The van der Waals surface area contributed by atoms with Gasteiger partial charge in [-0.05, 0) is 31.5 Å². The molecule has 1 saturated heterocycles. The molecule has 19 heavy (non-hydrogen) atoms. The number of benzene rings is 1. The number of nitrogen functional groups attached to an aromatic ring is 1. The average molecular weight is 274 g/mol.